The van der Waals surface area contributed by atoms with Gasteiger partial charge in [0.15, 0.2) is 6.04 Å². The van der Waals surface area contributed by atoms with E-state index in [1.165, 1.54) is 257 Å². The lowest BCUT2D eigenvalue weighted by Gasteiger charge is -2.18. The van der Waals surface area contributed by atoms with E-state index >= 15 is 0 Å². The zero-order valence-corrected chi connectivity index (χ0v) is 48.2. The number of nitrogens with one attached hydrogen (secondary N) is 1. The number of amides is 1. The number of aliphatic hydroxyl groups is 1. The quantitative estimate of drug-likeness (QED) is 0.0261. The molecule has 0 saturated carbocycles. The highest BCUT2D eigenvalue weighted by atomic mass is 31.2. The Morgan fingerprint density at radius 1 is 0.389 bits per heavy atom. The van der Waals surface area contributed by atoms with Gasteiger partial charge in [0.25, 0.3) is 0 Å². The van der Waals surface area contributed by atoms with Crippen LogP contribution in [-0.2, 0) is 32.7 Å². The monoisotopic (exact) mass is 1040 g/mol. The van der Waals surface area contributed by atoms with E-state index in [1.807, 2.05) is 0 Å². The summed E-state index contributed by atoms with van der Waals surface area (Å²) in [6.45, 7) is 2.69. The van der Waals surface area contributed by atoms with Gasteiger partial charge in [-0.05, 0) is 12.8 Å². The number of aliphatic carboxylic acids is 1. The van der Waals surface area contributed by atoms with E-state index in [9.17, 15) is 34.1 Å². The fraction of sp³-hybridized carbons (Fsp3) is 0.950. The molecular weight excluding hydrogens is 926 g/mol. The molecule has 11 nitrogen and oxygen atoms in total. The minimum absolute atomic E-state index is 0.154. The maximum absolute atomic E-state index is 12.4. The Morgan fingerprint density at radius 3 is 0.917 bits per heavy atom. The molecule has 12 heteroatoms. The van der Waals surface area contributed by atoms with Gasteiger partial charge in [0.1, 0.15) is 12.7 Å². The molecule has 3 atom stereocenters. The molecule has 0 spiro atoms. The summed E-state index contributed by atoms with van der Waals surface area (Å²) in [7, 11) is -4.76. The molecule has 0 radical (unpaired) electrons. The number of hydrogen-bond donors (Lipinski definition) is 4. The Kier molecular flexibility index (Phi) is 54.5. The first-order valence-electron chi connectivity index (χ1n) is 31.1. The number of rotatable bonds is 60. The molecule has 72 heavy (non-hydrogen) atoms. The van der Waals surface area contributed by atoms with Gasteiger partial charge in [-0.3, -0.25) is 18.6 Å². The van der Waals surface area contributed by atoms with E-state index in [0.29, 0.717) is 12.8 Å². The van der Waals surface area contributed by atoms with Crippen LogP contribution in [-0.4, -0.2) is 64.9 Å². The Hall–Kier alpha value is -1.52. The van der Waals surface area contributed by atoms with Crippen LogP contribution >= 0.6 is 7.82 Å². The van der Waals surface area contributed by atoms with Crippen molar-refractivity contribution in [2.24, 2.45) is 0 Å². The van der Waals surface area contributed by atoms with Crippen LogP contribution in [0.5, 0.6) is 0 Å². The summed E-state index contributed by atoms with van der Waals surface area (Å²) < 4.78 is 27.1. The van der Waals surface area contributed by atoms with Gasteiger partial charge in [-0.15, -0.1) is 0 Å². The fourth-order valence-electron chi connectivity index (χ4n) is 9.62. The third kappa shape index (κ3) is 54.7. The normalized spacial score (nSPS) is 13.3. The zero-order valence-electron chi connectivity index (χ0n) is 47.3. The van der Waals surface area contributed by atoms with E-state index in [2.05, 4.69) is 19.2 Å². The van der Waals surface area contributed by atoms with E-state index in [0.717, 1.165) is 38.5 Å². The largest absolute Gasteiger partial charge is 0.480 e. The average molecular weight is 1040 g/mol. The van der Waals surface area contributed by atoms with Crippen LogP contribution in [0.4, 0.5) is 0 Å². The van der Waals surface area contributed by atoms with Crippen molar-refractivity contribution in [2.45, 2.75) is 347 Å². The molecule has 0 fully saturated rings. The molecule has 0 aromatic rings. The number of phosphoric ester groups is 1. The number of esters is 1. The predicted molar refractivity (Wildman–Crippen MR) is 300 cm³/mol. The molecule has 4 N–H and O–H groups in total. The molecule has 428 valence electrons. The Labute approximate surface area is 444 Å². The number of carbonyl (C=O) groups is 3. The third-order valence-corrected chi connectivity index (χ3v) is 15.3. The van der Waals surface area contributed by atoms with Gasteiger partial charge < -0.3 is 25.2 Å². The standard InChI is InChI=1S/C60H118NO10P/c1-3-5-7-9-11-13-15-17-19-21-23-25-27-29-31-33-35-37-39-41-43-45-47-49-51-58(63)61-57(60(65)66)55-71-72(67,68)70-54-56(62)53-69-59(64)52-50-48-46-44-42-40-38-36-34-32-30-28-26-24-22-20-18-16-14-12-10-8-6-4-2/h56-57,62H,3-55H2,1-2H3,(H,61,63)(H,65,66)(H,67,68). The van der Waals surface area contributed by atoms with Gasteiger partial charge >= 0.3 is 19.8 Å². The van der Waals surface area contributed by atoms with E-state index in [-0.39, 0.29) is 12.8 Å². The second-order valence-electron chi connectivity index (χ2n) is 21.6. The molecular formula is C60H118NO10P. The fourth-order valence-corrected chi connectivity index (χ4v) is 10.4. The van der Waals surface area contributed by atoms with Gasteiger partial charge in [0.05, 0.1) is 13.2 Å². The van der Waals surface area contributed by atoms with Crippen molar-refractivity contribution in [2.75, 3.05) is 19.8 Å². The highest BCUT2D eigenvalue weighted by Gasteiger charge is 2.28. The first-order chi connectivity index (χ1) is 35.1. The molecule has 3 unspecified atom stereocenters. The number of unbranched alkanes of at least 4 members (excludes halogenated alkanes) is 46. The molecule has 0 rings (SSSR count). The molecule has 1 amide bonds. The van der Waals surface area contributed by atoms with E-state index < -0.39 is 57.6 Å². The molecule has 0 saturated heterocycles. The second kappa shape index (κ2) is 55.7. The number of carboxylic acid groups (broad SMARTS) is 1. The maximum atomic E-state index is 12.4. The van der Waals surface area contributed by atoms with Crippen LogP contribution in [0.25, 0.3) is 0 Å². The first-order valence-corrected chi connectivity index (χ1v) is 32.6. The van der Waals surface area contributed by atoms with E-state index in [1.54, 1.807) is 0 Å². The Bertz CT molecular complexity index is 1220. The van der Waals surface area contributed by atoms with Crippen molar-refractivity contribution in [3.8, 4) is 0 Å². The highest BCUT2D eigenvalue weighted by Crippen LogP contribution is 2.43. The smallest absolute Gasteiger partial charge is 0.472 e. The van der Waals surface area contributed by atoms with Crippen LogP contribution in [0.3, 0.4) is 0 Å². The summed E-state index contributed by atoms with van der Waals surface area (Å²) in [4.78, 5) is 46.3. The zero-order chi connectivity index (χ0) is 52.7. The summed E-state index contributed by atoms with van der Waals surface area (Å²) in [6, 6.07) is -1.54. The lowest BCUT2D eigenvalue weighted by Crippen LogP contribution is -2.43. The SMILES string of the molecule is CCCCCCCCCCCCCCCCCCCCCCCCCCC(=O)NC(COP(=O)(O)OCC(O)COC(=O)CCCCCCCCCCCCCCCCCCCCCCCCCC)C(=O)O. The number of phosphoric acid groups is 1. The molecule has 0 aliphatic heterocycles. The number of ether oxygens (including phenoxy) is 1. The average Bonchev–Trinajstić information content (AvgIpc) is 3.36. The van der Waals surface area contributed by atoms with Crippen molar-refractivity contribution < 1.29 is 47.8 Å². The maximum Gasteiger partial charge on any atom is 0.472 e. The second-order valence-corrected chi connectivity index (χ2v) is 23.1. The first kappa shape index (κ1) is 70.5. The Morgan fingerprint density at radius 2 is 0.639 bits per heavy atom. The minimum atomic E-state index is -4.76. The lowest BCUT2D eigenvalue weighted by atomic mass is 10.0. The summed E-state index contributed by atoms with van der Waals surface area (Å²) in [5.74, 6) is -2.34. The van der Waals surface area contributed by atoms with Crippen LogP contribution in [0.15, 0.2) is 0 Å². The van der Waals surface area contributed by atoms with Crippen LogP contribution < -0.4 is 5.32 Å². The molecule has 0 aromatic heterocycles. The van der Waals surface area contributed by atoms with E-state index in [4.69, 9.17) is 13.8 Å². The predicted octanol–water partition coefficient (Wildman–Crippen LogP) is 18.1. The Balaban J connectivity index is 3.69. The number of carboxylic acids is 1. The molecule has 0 heterocycles. The molecule has 0 aromatic carbocycles. The number of carbonyl (C=O) groups excluding carboxylic acids is 2. The number of hydrogen-bond acceptors (Lipinski definition) is 8. The summed E-state index contributed by atoms with van der Waals surface area (Å²) in [6.07, 6.45) is 61.5. The minimum Gasteiger partial charge on any atom is -0.480 e. The van der Waals surface area contributed by atoms with Crippen molar-refractivity contribution in [1.29, 1.82) is 0 Å². The highest BCUT2D eigenvalue weighted by molar-refractivity contribution is 7.47. The van der Waals surface area contributed by atoms with Gasteiger partial charge in [0, 0.05) is 12.8 Å². The van der Waals surface area contributed by atoms with Gasteiger partial charge in [-0.2, -0.15) is 0 Å². The third-order valence-electron chi connectivity index (χ3n) is 14.4. The van der Waals surface area contributed by atoms with Gasteiger partial charge in [0.2, 0.25) is 5.91 Å². The van der Waals surface area contributed by atoms with Gasteiger partial charge in [-0.25, -0.2) is 9.36 Å². The molecule has 0 bridgehead atoms. The van der Waals surface area contributed by atoms with Crippen LogP contribution in [0.1, 0.15) is 335 Å². The van der Waals surface area contributed by atoms with Crippen molar-refractivity contribution in [1.82, 2.24) is 5.32 Å². The molecule has 0 aliphatic carbocycles. The summed E-state index contributed by atoms with van der Waals surface area (Å²) >= 11 is 0. The van der Waals surface area contributed by atoms with Crippen molar-refractivity contribution in [3.63, 3.8) is 0 Å². The summed E-state index contributed by atoms with van der Waals surface area (Å²) in [5.41, 5.74) is 0. The topological polar surface area (TPSA) is 169 Å². The lowest BCUT2D eigenvalue weighted by molar-refractivity contribution is -0.147. The van der Waals surface area contributed by atoms with Gasteiger partial charge in [-0.1, -0.05) is 309 Å². The molecule has 0 aliphatic rings. The summed E-state index contributed by atoms with van der Waals surface area (Å²) in [5, 5.41) is 22.0. The van der Waals surface area contributed by atoms with Crippen molar-refractivity contribution >= 4 is 25.7 Å². The van der Waals surface area contributed by atoms with Crippen LogP contribution in [0.2, 0.25) is 0 Å². The van der Waals surface area contributed by atoms with Crippen LogP contribution in [0, 0.1) is 0 Å². The van der Waals surface area contributed by atoms with Crippen molar-refractivity contribution in [3.05, 3.63) is 0 Å². The number of aliphatic hydroxyl groups excluding tert-OH is 1.